The fourth-order valence-electron chi connectivity index (χ4n) is 1.38. The summed E-state index contributed by atoms with van der Waals surface area (Å²) < 4.78 is 40.0. The summed E-state index contributed by atoms with van der Waals surface area (Å²) in [5.74, 6) is -0.874. The maximum Gasteiger partial charge on any atom is 0.573 e. The largest absolute Gasteiger partial charge is 0.573 e. The minimum atomic E-state index is -4.77. The molecule has 1 amide bonds. The van der Waals surface area contributed by atoms with Crippen molar-refractivity contribution < 1.29 is 22.7 Å². The fraction of sp³-hybridized carbons (Fsp3) is 0.462. The van der Waals surface area contributed by atoms with E-state index in [-0.39, 0.29) is 5.69 Å². The van der Waals surface area contributed by atoms with Crippen molar-refractivity contribution in [3.05, 3.63) is 24.3 Å². The summed E-state index contributed by atoms with van der Waals surface area (Å²) in [6, 6.07) is 4.25. The van der Waals surface area contributed by atoms with E-state index in [9.17, 15) is 18.0 Å². The number of halogens is 3. The summed E-state index contributed by atoms with van der Waals surface area (Å²) in [5, 5.41) is 2.46. The highest BCUT2D eigenvalue weighted by molar-refractivity contribution is 5.95. The van der Waals surface area contributed by atoms with Gasteiger partial charge in [0.1, 0.15) is 5.75 Å². The lowest BCUT2D eigenvalue weighted by atomic mass is 9.87. The lowest BCUT2D eigenvalue weighted by molar-refractivity contribution is -0.274. The second-order valence-electron chi connectivity index (χ2n) is 5.41. The van der Waals surface area contributed by atoms with Crippen LogP contribution in [-0.2, 0) is 4.79 Å². The van der Waals surface area contributed by atoms with Crippen molar-refractivity contribution >= 4 is 11.6 Å². The van der Waals surface area contributed by atoms with Gasteiger partial charge in [0.25, 0.3) is 0 Å². The Kier molecular flexibility index (Phi) is 4.65. The molecule has 0 radical (unpaired) electrons. The van der Waals surface area contributed by atoms with E-state index >= 15 is 0 Å². The highest BCUT2D eigenvalue weighted by Gasteiger charge is 2.31. The van der Waals surface area contributed by atoms with Crippen LogP contribution >= 0.6 is 0 Å². The van der Waals surface area contributed by atoms with E-state index in [0.717, 1.165) is 12.1 Å². The average Bonchev–Trinajstić information content (AvgIpc) is 2.24. The van der Waals surface area contributed by atoms with Crippen molar-refractivity contribution in [1.29, 1.82) is 0 Å². The van der Waals surface area contributed by atoms with Gasteiger partial charge in [-0.15, -0.1) is 13.2 Å². The predicted molar refractivity (Wildman–Crippen MR) is 69.2 cm³/mol. The standard InChI is InChI=1S/C13H17F3N2O2/c1-12(2,3)10(17)11(19)18-8-5-4-6-9(7-8)20-13(14,15)16/h4-7,10H,17H2,1-3H3,(H,18,19)/t10-/m1/s1. The fourth-order valence-corrected chi connectivity index (χ4v) is 1.38. The van der Waals surface area contributed by atoms with Crippen LogP contribution in [0.15, 0.2) is 24.3 Å². The third-order valence-corrected chi connectivity index (χ3v) is 2.55. The molecule has 3 N–H and O–H groups in total. The van der Waals surface area contributed by atoms with Crippen LogP contribution in [-0.4, -0.2) is 18.3 Å². The van der Waals surface area contributed by atoms with Crippen LogP contribution in [0.25, 0.3) is 0 Å². The van der Waals surface area contributed by atoms with Crippen LogP contribution in [0.4, 0.5) is 18.9 Å². The molecule has 0 heterocycles. The summed E-state index contributed by atoms with van der Waals surface area (Å²) in [4.78, 5) is 11.9. The predicted octanol–water partition coefficient (Wildman–Crippen LogP) is 2.90. The highest BCUT2D eigenvalue weighted by atomic mass is 19.4. The molecule has 1 atom stereocenters. The van der Waals surface area contributed by atoms with Crippen LogP contribution < -0.4 is 15.8 Å². The number of alkyl halides is 3. The van der Waals surface area contributed by atoms with E-state index < -0.39 is 29.5 Å². The summed E-state index contributed by atoms with van der Waals surface area (Å²) in [7, 11) is 0. The molecule has 112 valence electrons. The molecule has 1 aromatic carbocycles. The van der Waals surface area contributed by atoms with E-state index in [1.54, 1.807) is 20.8 Å². The molecule has 0 unspecified atom stereocenters. The van der Waals surface area contributed by atoms with Crippen LogP contribution in [0.2, 0.25) is 0 Å². The quantitative estimate of drug-likeness (QED) is 0.899. The molecule has 1 aromatic rings. The molecule has 20 heavy (non-hydrogen) atoms. The molecule has 0 aliphatic heterocycles. The van der Waals surface area contributed by atoms with E-state index in [4.69, 9.17) is 5.73 Å². The number of hydrogen-bond acceptors (Lipinski definition) is 3. The number of carbonyl (C=O) groups is 1. The van der Waals surface area contributed by atoms with Gasteiger partial charge in [-0.25, -0.2) is 0 Å². The number of amides is 1. The SMILES string of the molecule is CC(C)(C)[C@H](N)C(=O)Nc1cccc(OC(F)(F)F)c1. The number of nitrogens with one attached hydrogen (secondary N) is 1. The molecule has 0 bridgehead atoms. The third kappa shape index (κ3) is 5.08. The Morgan fingerprint density at radius 2 is 1.90 bits per heavy atom. The van der Waals surface area contributed by atoms with Crippen molar-refractivity contribution in [2.45, 2.75) is 33.2 Å². The Labute approximate surface area is 115 Å². The zero-order chi connectivity index (χ0) is 15.6. The highest BCUT2D eigenvalue weighted by Crippen LogP contribution is 2.25. The Balaban J connectivity index is 2.79. The van der Waals surface area contributed by atoms with Gasteiger partial charge < -0.3 is 15.8 Å². The molecule has 4 nitrogen and oxygen atoms in total. The van der Waals surface area contributed by atoms with Crippen LogP contribution in [0, 0.1) is 5.41 Å². The summed E-state index contributed by atoms with van der Waals surface area (Å²) in [6.07, 6.45) is -4.77. The van der Waals surface area contributed by atoms with Gasteiger partial charge in [-0.1, -0.05) is 26.8 Å². The van der Waals surface area contributed by atoms with Crippen molar-refractivity contribution in [2.24, 2.45) is 11.1 Å². The lowest BCUT2D eigenvalue weighted by Gasteiger charge is -2.25. The monoisotopic (exact) mass is 290 g/mol. The Morgan fingerprint density at radius 3 is 2.40 bits per heavy atom. The molecule has 0 saturated heterocycles. The van der Waals surface area contributed by atoms with Gasteiger partial charge in [0.05, 0.1) is 6.04 Å². The normalized spacial score (nSPS) is 13.8. The topological polar surface area (TPSA) is 64.4 Å². The van der Waals surface area contributed by atoms with Gasteiger partial charge in [-0.05, 0) is 17.5 Å². The molecule has 0 aliphatic carbocycles. The number of rotatable bonds is 3. The molecule has 0 saturated carbocycles. The van der Waals surface area contributed by atoms with Gasteiger partial charge in [-0.3, -0.25) is 4.79 Å². The molecular formula is C13H17F3N2O2. The van der Waals surface area contributed by atoms with E-state index in [1.807, 2.05) is 0 Å². The Hall–Kier alpha value is -1.76. The van der Waals surface area contributed by atoms with Crippen molar-refractivity contribution in [3.8, 4) is 5.75 Å². The first-order chi connectivity index (χ1) is 8.99. The number of anilines is 1. The lowest BCUT2D eigenvalue weighted by Crippen LogP contribution is -2.45. The van der Waals surface area contributed by atoms with E-state index in [1.165, 1.54) is 12.1 Å². The first-order valence-corrected chi connectivity index (χ1v) is 5.91. The van der Waals surface area contributed by atoms with Crippen molar-refractivity contribution in [1.82, 2.24) is 0 Å². The maximum atomic E-state index is 12.1. The van der Waals surface area contributed by atoms with Crippen molar-refractivity contribution in [3.63, 3.8) is 0 Å². The average molecular weight is 290 g/mol. The van der Waals surface area contributed by atoms with Gasteiger partial charge in [0, 0.05) is 11.8 Å². The summed E-state index contributed by atoms with van der Waals surface area (Å²) in [5.41, 5.74) is 5.50. The second-order valence-corrected chi connectivity index (χ2v) is 5.41. The molecule has 0 spiro atoms. The molecule has 0 aromatic heterocycles. The Morgan fingerprint density at radius 1 is 1.30 bits per heavy atom. The van der Waals surface area contributed by atoms with Crippen molar-refractivity contribution in [2.75, 3.05) is 5.32 Å². The van der Waals surface area contributed by atoms with Crippen LogP contribution in [0.3, 0.4) is 0 Å². The van der Waals surface area contributed by atoms with Gasteiger partial charge in [0.2, 0.25) is 5.91 Å². The smallest absolute Gasteiger partial charge is 0.406 e. The van der Waals surface area contributed by atoms with E-state index in [2.05, 4.69) is 10.1 Å². The second kappa shape index (κ2) is 5.70. The summed E-state index contributed by atoms with van der Waals surface area (Å²) in [6.45, 7) is 5.38. The van der Waals surface area contributed by atoms with Crippen LogP contribution in [0.1, 0.15) is 20.8 Å². The zero-order valence-corrected chi connectivity index (χ0v) is 11.4. The molecule has 0 aliphatic rings. The number of benzene rings is 1. The molecular weight excluding hydrogens is 273 g/mol. The minimum absolute atomic E-state index is 0.191. The molecule has 7 heteroatoms. The number of carbonyl (C=O) groups excluding carboxylic acids is 1. The number of nitrogens with two attached hydrogens (primary N) is 1. The first kappa shape index (κ1) is 16.3. The zero-order valence-electron chi connectivity index (χ0n) is 11.4. The molecule has 1 rings (SSSR count). The van der Waals surface area contributed by atoms with Gasteiger partial charge >= 0.3 is 6.36 Å². The van der Waals surface area contributed by atoms with E-state index in [0.29, 0.717) is 0 Å². The van der Waals surface area contributed by atoms with Gasteiger partial charge in [0.15, 0.2) is 0 Å². The first-order valence-electron chi connectivity index (χ1n) is 5.91. The van der Waals surface area contributed by atoms with Crippen LogP contribution in [0.5, 0.6) is 5.75 Å². The maximum absolute atomic E-state index is 12.1. The summed E-state index contributed by atoms with van der Waals surface area (Å²) >= 11 is 0. The molecule has 0 fully saturated rings. The Bertz CT molecular complexity index is 481. The minimum Gasteiger partial charge on any atom is -0.406 e. The number of hydrogen-bond donors (Lipinski definition) is 2. The van der Waals surface area contributed by atoms with Gasteiger partial charge in [-0.2, -0.15) is 0 Å². The third-order valence-electron chi connectivity index (χ3n) is 2.55. The number of ether oxygens (including phenoxy) is 1.